The minimum absolute atomic E-state index is 0.292. The van der Waals surface area contributed by atoms with Gasteiger partial charge in [-0.25, -0.2) is 0 Å². The molecule has 1 atom stereocenters. The van der Waals surface area contributed by atoms with Gasteiger partial charge in [-0.05, 0) is 25.8 Å². The molecule has 2 fully saturated rings. The van der Waals surface area contributed by atoms with Crippen molar-refractivity contribution in [1.29, 1.82) is 0 Å². The van der Waals surface area contributed by atoms with Gasteiger partial charge in [0, 0.05) is 18.5 Å². The summed E-state index contributed by atoms with van der Waals surface area (Å²) in [5, 5.41) is 6.48. The lowest BCUT2D eigenvalue weighted by Crippen LogP contribution is -2.40. The number of carbonyl (C=O) groups is 1. The van der Waals surface area contributed by atoms with Crippen LogP contribution in [0.2, 0.25) is 0 Å². The monoisotopic (exact) mass is 224 g/mol. The van der Waals surface area contributed by atoms with Gasteiger partial charge in [0.05, 0.1) is 0 Å². The van der Waals surface area contributed by atoms with Gasteiger partial charge in [-0.15, -0.1) is 0 Å². The molecule has 3 heteroatoms. The molecule has 0 spiro atoms. The average Bonchev–Trinajstić information content (AvgIpc) is 2.69. The number of amides is 1. The van der Waals surface area contributed by atoms with Gasteiger partial charge in [0.2, 0.25) is 5.91 Å². The molecule has 2 N–H and O–H groups in total. The number of hydrogen-bond donors (Lipinski definition) is 2. The zero-order chi connectivity index (χ0) is 11.2. The van der Waals surface area contributed by atoms with E-state index in [1.165, 1.54) is 32.1 Å². The molecule has 1 saturated carbocycles. The Morgan fingerprint density at radius 3 is 2.31 bits per heavy atom. The Labute approximate surface area is 98.4 Å². The molecule has 1 aliphatic carbocycles. The molecule has 1 aliphatic heterocycles. The lowest BCUT2D eigenvalue weighted by atomic mass is 9.90. The van der Waals surface area contributed by atoms with Gasteiger partial charge < -0.3 is 10.6 Å². The zero-order valence-corrected chi connectivity index (χ0v) is 10.1. The van der Waals surface area contributed by atoms with Crippen molar-refractivity contribution in [3.8, 4) is 0 Å². The molecule has 3 nitrogen and oxygen atoms in total. The minimum Gasteiger partial charge on any atom is -0.352 e. The maximum atomic E-state index is 12.1. The van der Waals surface area contributed by atoms with E-state index in [1.807, 2.05) is 0 Å². The lowest BCUT2D eigenvalue weighted by molar-refractivity contribution is -0.126. The molecule has 0 radical (unpaired) electrons. The summed E-state index contributed by atoms with van der Waals surface area (Å²) in [5.41, 5.74) is 0. The summed E-state index contributed by atoms with van der Waals surface area (Å²) in [4.78, 5) is 12.1. The zero-order valence-electron chi connectivity index (χ0n) is 10.1. The molecule has 1 amide bonds. The first kappa shape index (κ1) is 11.9. The van der Waals surface area contributed by atoms with Crippen molar-refractivity contribution in [3.05, 3.63) is 0 Å². The quantitative estimate of drug-likeness (QED) is 0.751. The first-order valence-corrected chi connectivity index (χ1v) is 6.87. The van der Waals surface area contributed by atoms with E-state index in [4.69, 9.17) is 0 Å². The van der Waals surface area contributed by atoms with Crippen molar-refractivity contribution in [1.82, 2.24) is 10.6 Å². The van der Waals surface area contributed by atoms with Crippen LogP contribution < -0.4 is 10.6 Å². The number of hydrogen-bond acceptors (Lipinski definition) is 2. The first-order chi connectivity index (χ1) is 7.86. The molecular weight excluding hydrogens is 200 g/mol. The SMILES string of the molecule is O=C(N[C@H]1CCNC1)C1CCCCCCC1. The topological polar surface area (TPSA) is 41.1 Å². The fourth-order valence-electron chi connectivity index (χ4n) is 2.82. The second-order valence-corrected chi connectivity index (χ2v) is 5.24. The minimum atomic E-state index is 0.292. The maximum Gasteiger partial charge on any atom is 0.223 e. The van der Waals surface area contributed by atoms with Crippen LogP contribution in [0.1, 0.15) is 51.4 Å². The second kappa shape index (κ2) is 6.24. The van der Waals surface area contributed by atoms with Gasteiger partial charge >= 0.3 is 0 Å². The van der Waals surface area contributed by atoms with E-state index in [-0.39, 0.29) is 0 Å². The predicted octanol–water partition coefficient (Wildman–Crippen LogP) is 1.82. The highest BCUT2D eigenvalue weighted by Gasteiger charge is 2.23. The van der Waals surface area contributed by atoms with E-state index in [1.54, 1.807) is 0 Å². The molecule has 2 aliphatic rings. The molecule has 1 heterocycles. The van der Waals surface area contributed by atoms with Crippen molar-refractivity contribution >= 4 is 5.91 Å². The summed E-state index contributed by atoms with van der Waals surface area (Å²) in [6, 6.07) is 0.387. The van der Waals surface area contributed by atoms with Gasteiger partial charge in [0.25, 0.3) is 0 Å². The van der Waals surface area contributed by atoms with Gasteiger partial charge in [0.15, 0.2) is 0 Å². The molecule has 0 aromatic carbocycles. The maximum absolute atomic E-state index is 12.1. The van der Waals surface area contributed by atoms with E-state index >= 15 is 0 Å². The van der Waals surface area contributed by atoms with Crippen molar-refractivity contribution in [3.63, 3.8) is 0 Å². The van der Waals surface area contributed by atoms with Crippen molar-refractivity contribution in [2.75, 3.05) is 13.1 Å². The number of rotatable bonds is 2. The predicted molar refractivity (Wildman–Crippen MR) is 65.2 cm³/mol. The van der Waals surface area contributed by atoms with Crippen LogP contribution in [0.15, 0.2) is 0 Å². The van der Waals surface area contributed by atoms with Crippen molar-refractivity contribution in [2.45, 2.75) is 57.4 Å². The number of carbonyl (C=O) groups excluding carboxylic acids is 1. The van der Waals surface area contributed by atoms with Crippen LogP contribution in [0, 0.1) is 5.92 Å². The third-order valence-electron chi connectivity index (χ3n) is 3.88. The third-order valence-corrected chi connectivity index (χ3v) is 3.88. The van der Waals surface area contributed by atoms with E-state index in [9.17, 15) is 4.79 Å². The fraction of sp³-hybridized carbons (Fsp3) is 0.923. The average molecular weight is 224 g/mol. The highest BCUT2D eigenvalue weighted by atomic mass is 16.1. The second-order valence-electron chi connectivity index (χ2n) is 5.24. The molecule has 16 heavy (non-hydrogen) atoms. The Kier molecular flexibility index (Phi) is 4.64. The van der Waals surface area contributed by atoms with Crippen LogP contribution in [-0.2, 0) is 4.79 Å². The van der Waals surface area contributed by atoms with Crippen molar-refractivity contribution in [2.24, 2.45) is 5.92 Å². The van der Waals surface area contributed by atoms with Crippen molar-refractivity contribution < 1.29 is 4.79 Å². The smallest absolute Gasteiger partial charge is 0.223 e. The lowest BCUT2D eigenvalue weighted by Gasteiger charge is -2.21. The third kappa shape index (κ3) is 3.48. The van der Waals surface area contributed by atoms with Gasteiger partial charge in [-0.2, -0.15) is 0 Å². The Balaban J connectivity index is 1.76. The van der Waals surface area contributed by atoms with Gasteiger partial charge in [-0.3, -0.25) is 4.79 Å². The molecule has 0 unspecified atom stereocenters. The molecule has 0 bridgehead atoms. The van der Waals surface area contributed by atoms with Crippen LogP contribution in [0.25, 0.3) is 0 Å². The van der Waals surface area contributed by atoms with E-state index in [2.05, 4.69) is 10.6 Å². The van der Waals surface area contributed by atoms with E-state index < -0.39 is 0 Å². The van der Waals surface area contributed by atoms with Gasteiger partial charge in [-0.1, -0.05) is 32.1 Å². The standard InChI is InChI=1S/C13H24N2O/c16-13(15-12-8-9-14-10-12)11-6-4-2-1-3-5-7-11/h11-12,14H,1-10H2,(H,15,16)/t12-/m0/s1. The highest BCUT2D eigenvalue weighted by Crippen LogP contribution is 2.22. The Hall–Kier alpha value is -0.570. The molecule has 1 saturated heterocycles. The van der Waals surface area contributed by atoms with Crippen LogP contribution in [-0.4, -0.2) is 25.0 Å². The van der Waals surface area contributed by atoms with Crippen LogP contribution in [0.3, 0.4) is 0 Å². The summed E-state index contributed by atoms with van der Waals surface area (Å²) in [6.45, 7) is 2.01. The van der Waals surface area contributed by atoms with Crippen LogP contribution in [0.5, 0.6) is 0 Å². The first-order valence-electron chi connectivity index (χ1n) is 6.87. The molecule has 2 rings (SSSR count). The Morgan fingerprint density at radius 2 is 1.69 bits per heavy atom. The largest absolute Gasteiger partial charge is 0.352 e. The fourth-order valence-corrected chi connectivity index (χ4v) is 2.82. The summed E-state index contributed by atoms with van der Waals surface area (Å²) in [5.74, 6) is 0.608. The molecular formula is C13H24N2O. The normalized spacial score (nSPS) is 28.4. The summed E-state index contributed by atoms with van der Waals surface area (Å²) >= 11 is 0. The summed E-state index contributed by atoms with van der Waals surface area (Å²) in [6.07, 6.45) is 9.77. The van der Waals surface area contributed by atoms with Gasteiger partial charge in [0.1, 0.15) is 0 Å². The van der Waals surface area contributed by atoms with Crippen LogP contribution >= 0.6 is 0 Å². The summed E-state index contributed by atoms with van der Waals surface area (Å²) in [7, 11) is 0. The molecule has 92 valence electrons. The summed E-state index contributed by atoms with van der Waals surface area (Å²) < 4.78 is 0. The molecule has 0 aromatic heterocycles. The molecule has 0 aromatic rings. The Bertz CT molecular complexity index is 216. The van der Waals surface area contributed by atoms with E-state index in [0.717, 1.165) is 32.4 Å². The van der Waals surface area contributed by atoms with E-state index in [0.29, 0.717) is 17.9 Å². The Morgan fingerprint density at radius 1 is 1.00 bits per heavy atom. The highest BCUT2D eigenvalue weighted by molar-refractivity contribution is 5.79. The number of nitrogens with one attached hydrogen (secondary N) is 2. The van der Waals surface area contributed by atoms with Crippen LogP contribution in [0.4, 0.5) is 0 Å².